The van der Waals surface area contributed by atoms with Gasteiger partial charge in [-0.15, -0.1) is 0 Å². The molecule has 1 amide bonds. The van der Waals surface area contributed by atoms with E-state index in [1.807, 2.05) is 25.1 Å². The smallest absolute Gasteiger partial charge is 0.254 e. The van der Waals surface area contributed by atoms with E-state index in [2.05, 4.69) is 0 Å². The highest BCUT2D eigenvalue weighted by molar-refractivity contribution is 5.94. The summed E-state index contributed by atoms with van der Waals surface area (Å²) in [6, 6.07) is 7.35. The number of hydrogen-bond donors (Lipinski definition) is 2. The van der Waals surface area contributed by atoms with Crippen LogP contribution in [0.3, 0.4) is 0 Å². The molecule has 1 fully saturated rings. The van der Waals surface area contributed by atoms with Crippen molar-refractivity contribution in [1.82, 2.24) is 4.90 Å². The average molecular weight is 264 g/mol. The summed E-state index contributed by atoms with van der Waals surface area (Å²) in [6.07, 6.45) is -0.294. The van der Waals surface area contributed by atoms with Crippen molar-refractivity contribution in [3.8, 4) is 0 Å². The maximum atomic E-state index is 12.5. The zero-order valence-corrected chi connectivity index (χ0v) is 11.1. The molecule has 0 aromatic heterocycles. The number of hydrogen-bond acceptors (Lipinski definition) is 4. The SMILES string of the molecule is CC1COC(CO)CN1C(=O)c1cccc(CN)c1. The Kier molecular flexibility index (Phi) is 4.52. The molecule has 1 aromatic carbocycles. The summed E-state index contributed by atoms with van der Waals surface area (Å²) >= 11 is 0. The van der Waals surface area contributed by atoms with Crippen LogP contribution >= 0.6 is 0 Å². The number of carbonyl (C=O) groups excluding carboxylic acids is 1. The Morgan fingerprint density at radius 1 is 1.58 bits per heavy atom. The highest BCUT2D eigenvalue weighted by Crippen LogP contribution is 2.16. The highest BCUT2D eigenvalue weighted by atomic mass is 16.5. The Morgan fingerprint density at radius 2 is 2.37 bits per heavy atom. The molecule has 2 atom stereocenters. The first-order valence-electron chi connectivity index (χ1n) is 6.48. The zero-order chi connectivity index (χ0) is 13.8. The van der Waals surface area contributed by atoms with Crippen molar-refractivity contribution < 1.29 is 14.6 Å². The van der Waals surface area contributed by atoms with E-state index in [0.717, 1.165) is 5.56 Å². The lowest BCUT2D eigenvalue weighted by Crippen LogP contribution is -2.52. The number of morpholine rings is 1. The van der Waals surface area contributed by atoms with Crippen LogP contribution in [0.4, 0.5) is 0 Å². The summed E-state index contributed by atoms with van der Waals surface area (Å²) in [4.78, 5) is 14.2. The summed E-state index contributed by atoms with van der Waals surface area (Å²) in [5.74, 6) is -0.0375. The van der Waals surface area contributed by atoms with E-state index in [1.165, 1.54) is 0 Å². The van der Waals surface area contributed by atoms with Crippen LogP contribution in [0.25, 0.3) is 0 Å². The topological polar surface area (TPSA) is 75.8 Å². The molecule has 1 aromatic rings. The lowest BCUT2D eigenvalue weighted by Gasteiger charge is -2.37. The number of amides is 1. The van der Waals surface area contributed by atoms with E-state index in [1.54, 1.807) is 11.0 Å². The number of aliphatic hydroxyl groups excluding tert-OH is 1. The van der Waals surface area contributed by atoms with Crippen molar-refractivity contribution in [2.45, 2.75) is 25.6 Å². The second-order valence-corrected chi connectivity index (χ2v) is 4.85. The summed E-state index contributed by atoms with van der Waals surface area (Å²) in [6.45, 7) is 3.16. The molecule has 3 N–H and O–H groups in total. The van der Waals surface area contributed by atoms with Crippen LogP contribution in [0.2, 0.25) is 0 Å². The summed E-state index contributed by atoms with van der Waals surface area (Å²) < 4.78 is 5.44. The summed E-state index contributed by atoms with van der Waals surface area (Å²) in [5.41, 5.74) is 7.16. The molecule has 1 aliphatic rings. The number of carbonyl (C=O) groups is 1. The first-order valence-corrected chi connectivity index (χ1v) is 6.48. The molecular formula is C14H20N2O3. The number of benzene rings is 1. The van der Waals surface area contributed by atoms with Gasteiger partial charge >= 0.3 is 0 Å². The molecule has 0 spiro atoms. The van der Waals surface area contributed by atoms with Gasteiger partial charge < -0.3 is 20.5 Å². The number of ether oxygens (including phenoxy) is 1. The van der Waals surface area contributed by atoms with Gasteiger partial charge in [-0.25, -0.2) is 0 Å². The zero-order valence-electron chi connectivity index (χ0n) is 11.1. The Bertz CT molecular complexity index is 450. The first-order chi connectivity index (χ1) is 9.15. The minimum absolute atomic E-state index is 0.0110. The largest absolute Gasteiger partial charge is 0.394 e. The molecule has 104 valence electrons. The molecule has 2 unspecified atom stereocenters. The third-order valence-corrected chi connectivity index (χ3v) is 3.38. The Labute approximate surface area is 113 Å². The molecule has 2 rings (SSSR count). The van der Waals surface area contributed by atoms with Gasteiger partial charge in [0.05, 0.1) is 25.4 Å². The first kappa shape index (κ1) is 14.0. The second-order valence-electron chi connectivity index (χ2n) is 4.85. The molecule has 0 bridgehead atoms. The third-order valence-electron chi connectivity index (χ3n) is 3.38. The molecule has 5 heteroatoms. The molecule has 19 heavy (non-hydrogen) atoms. The number of nitrogens with two attached hydrogens (primary N) is 1. The van der Waals surface area contributed by atoms with Crippen molar-refractivity contribution in [2.24, 2.45) is 5.73 Å². The van der Waals surface area contributed by atoms with Crippen molar-refractivity contribution in [3.63, 3.8) is 0 Å². The third kappa shape index (κ3) is 3.12. The van der Waals surface area contributed by atoms with Crippen molar-refractivity contribution in [2.75, 3.05) is 19.8 Å². The molecule has 0 saturated carbocycles. The lowest BCUT2D eigenvalue weighted by atomic mass is 10.1. The van der Waals surface area contributed by atoms with Gasteiger partial charge in [0.1, 0.15) is 0 Å². The molecule has 5 nitrogen and oxygen atoms in total. The Hall–Kier alpha value is -1.43. The maximum absolute atomic E-state index is 12.5. The van der Waals surface area contributed by atoms with Crippen molar-refractivity contribution in [1.29, 1.82) is 0 Å². The van der Waals surface area contributed by atoms with Crippen LogP contribution in [0.15, 0.2) is 24.3 Å². The fourth-order valence-electron chi connectivity index (χ4n) is 2.21. The minimum atomic E-state index is -0.294. The van der Waals surface area contributed by atoms with E-state index in [-0.39, 0.29) is 24.7 Å². The van der Waals surface area contributed by atoms with Crippen LogP contribution in [0, 0.1) is 0 Å². The normalized spacial score (nSPS) is 23.4. The van der Waals surface area contributed by atoms with Gasteiger partial charge in [0.2, 0.25) is 0 Å². The standard InChI is InChI=1S/C14H20N2O3/c1-10-9-19-13(8-17)7-16(10)14(18)12-4-2-3-11(5-12)6-15/h2-5,10,13,17H,6-9,15H2,1H3. The van der Waals surface area contributed by atoms with Gasteiger partial charge in [-0.05, 0) is 24.6 Å². The second kappa shape index (κ2) is 6.14. The van der Waals surface area contributed by atoms with Gasteiger partial charge in [-0.1, -0.05) is 12.1 Å². The summed E-state index contributed by atoms with van der Waals surface area (Å²) in [5, 5.41) is 9.15. The molecule has 0 aliphatic carbocycles. The van der Waals surface area contributed by atoms with Gasteiger partial charge in [0.15, 0.2) is 0 Å². The van der Waals surface area contributed by atoms with Gasteiger partial charge in [0, 0.05) is 18.7 Å². The summed E-state index contributed by atoms with van der Waals surface area (Å²) in [7, 11) is 0. The Morgan fingerprint density at radius 3 is 3.05 bits per heavy atom. The fourth-order valence-corrected chi connectivity index (χ4v) is 2.21. The van der Waals surface area contributed by atoms with Crippen molar-refractivity contribution in [3.05, 3.63) is 35.4 Å². The monoisotopic (exact) mass is 264 g/mol. The molecule has 1 aliphatic heterocycles. The van der Waals surface area contributed by atoms with Crippen LogP contribution in [0.1, 0.15) is 22.8 Å². The molecule has 0 radical (unpaired) electrons. The number of rotatable bonds is 3. The van der Waals surface area contributed by atoms with E-state index in [0.29, 0.717) is 25.3 Å². The minimum Gasteiger partial charge on any atom is -0.394 e. The maximum Gasteiger partial charge on any atom is 0.254 e. The predicted octanol–water partition coefficient (Wildman–Crippen LogP) is 0.367. The van der Waals surface area contributed by atoms with E-state index in [4.69, 9.17) is 15.6 Å². The van der Waals surface area contributed by atoms with Gasteiger partial charge in [0.25, 0.3) is 5.91 Å². The molecule has 1 saturated heterocycles. The van der Waals surface area contributed by atoms with Crippen LogP contribution < -0.4 is 5.73 Å². The Balaban J connectivity index is 2.16. The highest BCUT2D eigenvalue weighted by Gasteiger charge is 2.29. The number of aliphatic hydroxyl groups is 1. The van der Waals surface area contributed by atoms with Crippen molar-refractivity contribution >= 4 is 5.91 Å². The van der Waals surface area contributed by atoms with E-state index >= 15 is 0 Å². The molecular weight excluding hydrogens is 244 g/mol. The van der Waals surface area contributed by atoms with E-state index in [9.17, 15) is 4.79 Å². The van der Waals surface area contributed by atoms with Crippen LogP contribution in [-0.4, -0.2) is 47.8 Å². The van der Waals surface area contributed by atoms with Gasteiger partial charge in [-0.3, -0.25) is 4.79 Å². The van der Waals surface area contributed by atoms with Crippen LogP contribution in [0.5, 0.6) is 0 Å². The predicted molar refractivity (Wildman–Crippen MR) is 71.7 cm³/mol. The quantitative estimate of drug-likeness (QED) is 0.827. The van der Waals surface area contributed by atoms with E-state index < -0.39 is 0 Å². The number of nitrogens with zero attached hydrogens (tertiary/aromatic N) is 1. The lowest BCUT2D eigenvalue weighted by molar-refractivity contribution is -0.0667. The average Bonchev–Trinajstić information content (AvgIpc) is 2.47. The van der Waals surface area contributed by atoms with Crippen LogP contribution in [-0.2, 0) is 11.3 Å². The molecule has 1 heterocycles. The fraction of sp³-hybridized carbons (Fsp3) is 0.500. The van der Waals surface area contributed by atoms with Gasteiger partial charge in [-0.2, -0.15) is 0 Å².